The van der Waals surface area contributed by atoms with E-state index >= 15 is 0 Å². The van der Waals surface area contributed by atoms with Crippen LogP contribution in [0.2, 0.25) is 0 Å². The molecular formula is C19H24N2O4S. The van der Waals surface area contributed by atoms with Gasteiger partial charge in [-0.2, -0.15) is 0 Å². The molecular weight excluding hydrogens is 352 g/mol. The minimum absolute atomic E-state index is 0.202. The third-order valence-corrected chi connectivity index (χ3v) is 5.37. The number of para-hydroxylation sites is 1. The Hall–Kier alpha value is -2.38. The highest BCUT2D eigenvalue weighted by molar-refractivity contribution is 7.92. The molecule has 2 aromatic rings. The lowest BCUT2D eigenvalue weighted by Crippen LogP contribution is -2.27. The van der Waals surface area contributed by atoms with Gasteiger partial charge in [0.05, 0.1) is 16.1 Å². The maximum absolute atomic E-state index is 12.8. The van der Waals surface area contributed by atoms with E-state index in [2.05, 4.69) is 10.0 Å². The van der Waals surface area contributed by atoms with Crippen LogP contribution in [-0.2, 0) is 14.8 Å². The molecule has 0 unspecified atom stereocenters. The van der Waals surface area contributed by atoms with E-state index in [4.69, 9.17) is 4.74 Å². The molecule has 7 heteroatoms. The number of sulfonamides is 1. The molecule has 0 heterocycles. The molecule has 2 N–H and O–H groups in total. The zero-order chi connectivity index (χ0) is 19.2. The van der Waals surface area contributed by atoms with Crippen LogP contribution in [0.4, 0.5) is 5.69 Å². The lowest BCUT2D eigenvalue weighted by atomic mass is 10.1. The molecule has 0 saturated carbocycles. The Labute approximate surface area is 154 Å². The normalized spacial score (nSPS) is 11.2. The summed E-state index contributed by atoms with van der Waals surface area (Å²) in [6.07, 6.45) is 0.679. The molecule has 6 nitrogen and oxygen atoms in total. The zero-order valence-electron chi connectivity index (χ0n) is 15.2. The van der Waals surface area contributed by atoms with Crippen LogP contribution in [0.25, 0.3) is 0 Å². The second-order valence-electron chi connectivity index (χ2n) is 6.02. The van der Waals surface area contributed by atoms with Crippen LogP contribution in [0, 0.1) is 13.8 Å². The summed E-state index contributed by atoms with van der Waals surface area (Å²) in [6, 6.07) is 11.8. The largest absolute Gasteiger partial charge is 0.385 e. The Morgan fingerprint density at radius 1 is 1.12 bits per heavy atom. The van der Waals surface area contributed by atoms with Crippen molar-refractivity contribution >= 4 is 21.6 Å². The van der Waals surface area contributed by atoms with Crippen molar-refractivity contribution in [3.63, 3.8) is 0 Å². The topological polar surface area (TPSA) is 84.5 Å². The minimum Gasteiger partial charge on any atom is -0.385 e. The molecule has 1 amide bonds. The predicted molar refractivity (Wildman–Crippen MR) is 102 cm³/mol. The van der Waals surface area contributed by atoms with E-state index in [1.54, 1.807) is 50.4 Å². The van der Waals surface area contributed by atoms with Crippen molar-refractivity contribution in [3.8, 4) is 0 Å². The van der Waals surface area contributed by atoms with Gasteiger partial charge in [0.1, 0.15) is 0 Å². The molecule has 140 valence electrons. The fraction of sp³-hybridized carbons (Fsp3) is 0.316. The molecule has 0 bridgehead atoms. The average molecular weight is 376 g/mol. The summed E-state index contributed by atoms with van der Waals surface area (Å²) in [6.45, 7) is 4.56. The van der Waals surface area contributed by atoms with Crippen molar-refractivity contribution in [3.05, 3.63) is 59.2 Å². The Morgan fingerprint density at radius 2 is 1.85 bits per heavy atom. The first kappa shape index (κ1) is 19.9. The third-order valence-electron chi connectivity index (χ3n) is 3.86. The summed E-state index contributed by atoms with van der Waals surface area (Å²) in [5.41, 5.74) is 2.01. The quantitative estimate of drug-likeness (QED) is 0.694. The van der Waals surface area contributed by atoms with E-state index in [-0.39, 0.29) is 22.1 Å². The van der Waals surface area contributed by atoms with Gasteiger partial charge in [-0.15, -0.1) is 0 Å². The zero-order valence-corrected chi connectivity index (χ0v) is 16.0. The first-order valence-electron chi connectivity index (χ1n) is 8.31. The van der Waals surface area contributed by atoms with Crippen molar-refractivity contribution in [2.24, 2.45) is 0 Å². The Bertz CT molecular complexity index is 879. The van der Waals surface area contributed by atoms with Gasteiger partial charge in [-0.1, -0.05) is 24.3 Å². The number of methoxy groups -OCH3 is 1. The Balaban J connectivity index is 2.24. The number of benzene rings is 2. The molecule has 0 atom stereocenters. The highest BCUT2D eigenvalue weighted by atomic mass is 32.2. The van der Waals surface area contributed by atoms with Crippen LogP contribution >= 0.6 is 0 Å². The van der Waals surface area contributed by atoms with Crippen LogP contribution in [0.3, 0.4) is 0 Å². The van der Waals surface area contributed by atoms with Crippen LogP contribution in [0.5, 0.6) is 0 Å². The summed E-state index contributed by atoms with van der Waals surface area (Å²) in [7, 11) is -2.21. The van der Waals surface area contributed by atoms with Gasteiger partial charge >= 0.3 is 0 Å². The summed E-state index contributed by atoms with van der Waals surface area (Å²) in [5, 5.41) is 2.77. The highest BCUT2D eigenvalue weighted by Crippen LogP contribution is 2.23. The van der Waals surface area contributed by atoms with E-state index in [9.17, 15) is 13.2 Å². The van der Waals surface area contributed by atoms with E-state index in [1.165, 1.54) is 0 Å². The van der Waals surface area contributed by atoms with Gasteiger partial charge < -0.3 is 10.1 Å². The SMILES string of the molecule is COCCCNC(=O)c1ccccc1NS(=O)(=O)c1cc(C)ccc1C. The van der Waals surface area contributed by atoms with Crippen LogP contribution in [-0.4, -0.2) is 34.6 Å². The second kappa shape index (κ2) is 8.82. The van der Waals surface area contributed by atoms with E-state index < -0.39 is 10.0 Å². The van der Waals surface area contributed by atoms with Gasteiger partial charge in [-0.25, -0.2) is 8.42 Å². The van der Waals surface area contributed by atoms with Gasteiger partial charge in [-0.3, -0.25) is 9.52 Å². The molecule has 0 aliphatic heterocycles. The summed E-state index contributed by atoms with van der Waals surface area (Å²) < 4.78 is 33.1. The summed E-state index contributed by atoms with van der Waals surface area (Å²) in [4.78, 5) is 12.6. The van der Waals surface area contributed by atoms with Gasteiger partial charge in [0.15, 0.2) is 0 Å². The molecule has 2 rings (SSSR count). The molecule has 0 saturated heterocycles. The molecule has 0 fully saturated rings. The number of hydrogen-bond donors (Lipinski definition) is 2. The predicted octanol–water partition coefficient (Wildman–Crippen LogP) is 2.87. The smallest absolute Gasteiger partial charge is 0.262 e. The van der Waals surface area contributed by atoms with E-state index in [0.29, 0.717) is 25.1 Å². The highest BCUT2D eigenvalue weighted by Gasteiger charge is 2.20. The van der Waals surface area contributed by atoms with Gasteiger partial charge in [0.25, 0.3) is 15.9 Å². The number of hydrogen-bond acceptors (Lipinski definition) is 4. The minimum atomic E-state index is -3.80. The molecule has 2 aromatic carbocycles. The number of amides is 1. The molecule has 0 spiro atoms. The van der Waals surface area contributed by atoms with Crippen molar-refractivity contribution < 1.29 is 17.9 Å². The molecule has 0 radical (unpaired) electrons. The molecule has 26 heavy (non-hydrogen) atoms. The standard InChI is InChI=1S/C19H24N2O4S/c1-14-9-10-15(2)18(13-14)26(23,24)21-17-8-5-4-7-16(17)19(22)20-11-6-12-25-3/h4-5,7-10,13,21H,6,11-12H2,1-3H3,(H,20,22). The number of anilines is 1. The molecule has 0 aliphatic rings. The van der Waals surface area contributed by atoms with Crippen molar-refractivity contribution in [2.75, 3.05) is 25.0 Å². The maximum Gasteiger partial charge on any atom is 0.262 e. The van der Waals surface area contributed by atoms with Crippen LogP contribution < -0.4 is 10.0 Å². The number of aryl methyl sites for hydroxylation is 2. The number of carbonyl (C=O) groups is 1. The summed E-state index contributed by atoms with van der Waals surface area (Å²) >= 11 is 0. The first-order valence-corrected chi connectivity index (χ1v) is 9.79. The first-order chi connectivity index (χ1) is 12.3. The van der Waals surface area contributed by atoms with Gasteiger partial charge in [0.2, 0.25) is 0 Å². The lowest BCUT2D eigenvalue weighted by molar-refractivity contribution is 0.0949. The number of carbonyl (C=O) groups excluding carboxylic acids is 1. The maximum atomic E-state index is 12.8. The average Bonchev–Trinajstić information content (AvgIpc) is 2.60. The van der Waals surface area contributed by atoms with E-state index in [1.807, 2.05) is 13.0 Å². The Morgan fingerprint density at radius 3 is 2.58 bits per heavy atom. The van der Waals surface area contributed by atoms with Crippen molar-refractivity contribution in [1.82, 2.24) is 5.32 Å². The number of nitrogens with one attached hydrogen (secondary N) is 2. The lowest BCUT2D eigenvalue weighted by Gasteiger charge is -2.14. The Kier molecular flexibility index (Phi) is 6.76. The fourth-order valence-electron chi connectivity index (χ4n) is 2.48. The van der Waals surface area contributed by atoms with Crippen molar-refractivity contribution in [1.29, 1.82) is 0 Å². The fourth-order valence-corrected chi connectivity index (χ4v) is 3.89. The molecule has 0 aromatic heterocycles. The second-order valence-corrected chi connectivity index (χ2v) is 7.67. The van der Waals surface area contributed by atoms with Crippen LogP contribution in [0.15, 0.2) is 47.4 Å². The number of ether oxygens (including phenoxy) is 1. The van der Waals surface area contributed by atoms with E-state index in [0.717, 1.165) is 5.56 Å². The number of rotatable bonds is 8. The monoisotopic (exact) mass is 376 g/mol. The molecule has 0 aliphatic carbocycles. The van der Waals surface area contributed by atoms with Gasteiger partial charge in [0, 0.05) is 20.3 Å². The van der Waals surface area contributed by atoms with Gasteiger partial charge in [-0.05, 0) is 49.6 Å². The van der Waals surface area contributed by atoms with Crippen molar-refractivity contribution in [2.45, 2.75) is 25.2 Å². The van der Waals surface area contributed by atoms with Crippen LogP contribution in [0.1, 0.15) is 27.9 Å². The summed E-state index contributed by atoms with van der Waals surface area (Å²) in [5.74, 6) is -0.333. The third kappa shape index (κ3) is 5.06.